The Morgan fingerprint density at radius 2 is 2.06 bits per heavy atom. The summed E-state index contributed by atoms with van der Waals surface area (Å²) in [5, 5.41) is 3.33. The van der Waals surface area contributed by atoms with Gasteiger partial charge in [0.15, 0.2) is 0 Å². The Hall–Kier alpha value is -3.32. The predicted molar refractivity (Wildman–Crippen MR) is 130 cm³/mol. The molecular formula is C26H30N6O. The smallest absolute Gasteiger partial charge is 0.241 e. The van der Waals surface area contributed by atoms with Crippen molar-refractivity contribution in [1.29, 1.82) is 0 Å². The van der Waals surface area contributed by atoms with E-state index in [-0.39, 0.29) is 5.91 Å². The average molecular weight is 443 g/mol. The molecule has 2 aromatic heterocycles. The van der Waals surface area contributed by atoms with Crippen LogP contribution in [0.3, 0.4) is 0 Å². The van der Waals surface area contributed by atoms with E-state index in [0.717, 1.165) is 68.1 Å². The normalized spacial score (nSPS) is 18.6. The number of nitrogens with one attached hydrogen (secondary N) is 1. The highest BCUT2D eigenvalue weighted by atomic mass is 16.2. The molecule has 0 saturated carbocycles. The largest absolute Gasteiger partial charge is 0.339 e. The highest BCUT2D eigenvalue weighted by Crippen LogP contribution is 2.30. The second-order valence-electron chi connectivity index (χ2n) is 8.99. The van der Waals surface area contributed by atoms with E-state index in [1.807, 2.05) is 24.0 Å². The summed E-state index contributed by atoms with van der Waals surface area (Å²) in [5.74, 6) is 1.22. The van der Waals surface area contributed by atoms with E-state index in [1.165, 1.54) is 5.56 Å². The van der Waals surface area contributed by atoms with Crippen LogP contribution in [0, 0.1) is 6.92 Å². The monoisotopic (exact) mass is 442 g/mol. The Bertz CT molecular complexity index is 1120. The van der Waals surface area contributed by atoms with Gasteiger partial charge in [-0.1, -0.05) is 18.2 Å². The van der Waals surface area contributed by atoms with E-state index >= 15 is 0 Å². The molecular weight excluding hydrogens is 412 g/mol. The zero-order valence-electron chi connectivity index (χ0n) is 19.1. The summed E-state index contributed by atoms with van der Waals surface area (Å²) in [4.78, 5) is 30.8. The molecule has 1 amide bonds. The molecule has 0 unspecified atom stereocenters. The lowest BCUT2D eigenvalue weighted by Crippen LogP contribution is -2.45. The summed E-state index contributed by atoms with van der Waals surface area (Å²) in [7, 11) is 0. The van der Waals surface area contributed by atoms with Crippen LogP contribution in [0.15, 0.2) is 55.0 Å². The van der Waals surface area contributed by atoms with Gasteiger partial charge in [0.05, 0.1) is 12.7 Å². The molecule has 1 saturated heterocycles. The number of likely N-dealkylation sites (tertiary alicyclic amines) is 1. The lowest BCUT2D eigenvalue weighted by Gasteiger charge is -2.35. The minimum Gasteiger partial charge on any atom is -0.339 e. The Balaban J connectivity index is 1.27. The Labute approximate surface area is 194 Å². The third-order valence-corrected chi connectivity index (χ3v) is 6.50. The molecule has 4 heterocycles. The van der Waals surface area contributed by atoms with Crippen LogP contribution in [-0.2, 0) is 11.2 Å². The van der Waals surface area contributed by atoms with E-state index < -0.39 is 0 Å². The van der Waals surface area contributed by atoms with Gasteiger partial charge in [-0.05, 0) is 62.9 Å². The Morgan fingerprint density at radius 1 is 1.15 bits per heavy atom. The van der Waals surface area contributed by atoms with Gasteiger partial charge in [-0.15, -0.1) is 0 Å². The quantitative estimate of drug-likeness (QED) is 0.642. The molecule has 1 N–H and O–H groups in total. The van der Waals surface area contributed by atoms with Crippen LogP contribution in [0.2, 0.25) is 0 Å². The summed E-state index contributed by atoms with van der Waals surface area (Å²) in [6.07, 6.45) is 9.27. The first-order valence-electron chi connectivity index (χ1n) is 11.8. The molecule has 0 bridgehead atoms. The van der Waals surface area contributed by atoms with Crippen molar-refractivity contribution in [1.82, 2.24) is 19.9 Å². The summed E-state index contributed by atoms with van der Waals surface area (Å²) in [6.45, 7) is 5.09. The predicted octanol–water partition coefficient (Wildman–Crippen LogP) is 4.08. The van der Waals surface area contributed by atoms with Crippen molar-refractivity contribution in [3.63, 3.8) is 0 Å². The lowest BCUT2D eigenvalue weighted by molar-refractivity contribution is -0.120. The summed E-state index contributed by atoms with van der Waals surface area (Å²) in [6, 6.07) is 12.4. The molecule has 1 atom stereocenters. The van der Waals surface area contributed by atoms with Gasteiger partial charge in [0.1, 0.15) is 5.82 Å². The van der Waals surface area contributed by atoms with E-state index in [2.05, 4.69) is 44.5 Å². The van der Waals surface area contributed by atoms with Crippen molar-refractivity contribution < 1.29 is 4.79 Å². The number of carbonyl (C=O) groups excluding carboxylic acids is 1. The molecule has 7 heteroatoms. The fourth-order valence-electron chi connectivity index (χ4n) is 5.00. The van der Waals surface area contributed by atoms with Gasteiger partial charge in [-0.2, -0.15) is 0 Å². The van der Waals surface area contributed by atoms with Gasteiger partial charge in [0.2, 0.25) is 5.91 Å². The van der Waals surface area contributed by atoms with E-state index in [9.17, 15) is 4.79 Å². The van der Waals surface area contributed by atoms with Crippen molar-refractivity contribution in [2.45, 2.75) is 38.5 Å². The number of para-hydroxylation sites is 1. The SMILES string of the molecule is Cc1cc(Nc2cnccn2)cc([C@@H]2CCCN(CC(=O)N3CCCc4ccccc43)C2)n1. The van der Waals surface area contributed by atoms with E-state index in [4.69, 9.17) is 4.98 Å². The molecule has 2 aliphatic heterocycles. The van der Waals surface area contributed by atoms with Gasteiger partial charge in [0.25, 0.3) is 0 Å². The van der Waals surface area contributed by atoms with Crippen LogP contribution >= 0.6 is 0 Å². The zero-order valence-corrected chi connectivity index (χ0v) is 19.1. The molecule has 0 radical (unpaired) electrons. The molecule has 3 aromatic rings. The molecule has 7 nitrogen and oxygen atoms in total. The van der Waals surface area contributed by atoms with Gasteiger partial charge >= 0.3 is 0 Å². The molecule has 33 heavy (non-hydrogen) atoms. The number of hydrogen-bond acceptors (Lipinski definition) is 6. The number of amides is 1. The van der Waals surface area contributed by atoms with Gasteiger partial charge in [-0.3, -0.25) is 19.7 Å². The van der Waals surface area contributed by atoms with Crippen LogP contribution in [0.1, 0.15) is 42.1 Å². The summed E-state index contributed by atoms with van der Waals surface area (Å²) >= 11 is 0. The number of rotatable bonds is 5. The molecule has 5 rings (SSSR count). The van der Waals surface area contributed by atoms with Crippen molar-refractivity contribution >= 4 is 23.1 Å². The minimum absolute atomic E-state index is 0.199. The number of aromatic nitrogens is 3. The number of anilines is 3. The fourth-order valence-corrected chi connectivity index (χ4v) is 5.00. The van der Waals surface area contributed by atoms with Crippen LogP contribution in [0.25, 0.3) is 0 Å². The Kier molecular flexibility index (Phi) is 6.30. The van der Waals surface area contributed by atoms with Crippen LogP contribution in [-0.4, -0.2) is 51.9 Å². The third kappa shape index (κ3) is 5.03. The van der Waals surface area contributed by atoms with Crippen LogP contribution in [0.4, 0.5) is 17.2 Å². The zero-order chi connectivity index (χ0) is 22.6. The topological polar surface area (TPSA) is 74.2 Å². The minimum atomic E-state index is 0.199. The number of fused-ring (bicyclic) bond motifs is 1. The molecule has 1 fully saturated rings. The highest BCUT2D eigenvalue weighted by molar-refractivity contribution is 5.96. The number of pyridine rings is 1. The first-order chi connectivity index (χ1) is 16.2. The van der Waals surface area contributed by atoms with Crippen molar-refractivity contribution in [3.05, 3.63) is 71.9 Å². The average Bonchev–Trinajstić information content (AvgIpc) is 2.84. The number of nitrogens with zero attached hydrogens (tertiary/aromatic N) is 5. The molecule has 0 aliphatic carbocycles. The van der Waals surface area contributed by atoms with Crippen molar-refractivity contribution in [2.75, 3.05) is 36.4 Å². The molecule has 0 spiro atoms. The maximum Gasteiger partial charge on any atom is 0.241 e. The standard InChI is InChI=1S/C26H30N6O/c1-19-14-22(30-25-16-27-10-11-28-25)15-23(29-19)21-8-4-12-31(17-21)18-26(33)32-13-5-7-20-6-2-3-9-24(20)32/h2-3,6,9-11,14-16,21H,4-5,7-8,12-13,17-18H2,1H3,(H,28,29,30)/t21-/m1/s1. The second kappa shape index (κ2) is 9.67. The molecule has 170 valence electrons. The second-order valence-corrected chi connectivity index (χ2v) is 8.99. The lowest BCUT2D eigenvalue weighted by atomic mass is 9.93. The molecule has 2 aliphatic rings. The fraction of sp³-hybridized carbons (Fsp3) is 0.385. The summed E-state index contributed by atoms with van der Waals surface area (Å²) in [5.41, 5.74) is 5.37. The number of hydrogen-bond donors (Lipinski definition) is 1. The van der Waals surface area contributed by atoms with Crippen molar-refractivity contribution in [2.24, 2.45) is 0 Å². The van der Waals surface area contributed by atoms with Crippen LogP contribution < -0.4 is 10.2 Å². The first kappa shape index (κ1) is 21.5. The Morgan fingerprint density at radius 3 is 2.94 bits per heavy atom. The van der Waals surface area contributed by atoms with Crippen molar-refractivity contribution in [3.8, 4) is 0 Å². The number of carbonyl (C=O) groups is 1. The van der Waals surface area contributed by atoms with Gasteiger partial charge < -0.3 is 10.2 Å². The van der Waals surface area contributed by atoms with E-state index in [1.54, 1.807) is 18.6 Å². The maximum absolute atomic E-state index is 13.2. The van der Waals surface area contributed by atoms with Crippen LogP contribution in [0.5, 0.6) is 0 Å². The molecule has 1 aromatic carbocycles. The summed E-state index contributed by atoms with van der Waals surface area (Å²) < 4.78 is 0. The third-order valence-electron chi connectivity index (χ3n) is 6.50. The highest BCUT2D eigenvalue weighted by Gasteiger charge is 2.28. The van der Waals surface area contributed by atoms with Gasteiger partial charge in [0, 0.05) is 54.2 Å². The number of piperidine rings is 1. The van der Waals surface area contributed by atoms with Gasteiger partial charge in [-0.25, -0.2) is 4.98 Å². The van der Waals surface area contributed by atoms with E-state index in [0.29, 0.717) is 18.3 Å². The number of benzene rings is 1. The maximum atomic E-state index is 13.2. The number of aryl methyl sites for hydroxylation is 2. The first-order valence-corrected chi connectivity index (χ1v) is 11.8.